The zero-order valence-electron chi connectivity index (χ0n) is 22.1. The number of nitrogens with zero attached hydrogens (tertiary/aromatic N) is 2. The van der Waals surface area contributed by atoms with Crippen LogP contribution in [0.5, 0.6) is 0 Å². The summed E-state index contributed by atoms with van der Waals surface area (Å²) in [4.78, 5) is 40.8. The third-order valence-electron chi connectivity index (χ3n) is 7.33. The van der Waals surface area contributed by atoms with E-state index >= 15 is 0 Å². The number of carbonyl (C=O) groups is 3. The molecule has 0 fully saturated rings. The smallest absolute Gasteiger partial charge is 0.416 e. The molecule has 3 unspecified atom stereocenters. The van der Waals surface area contributed by atoms with Crippen molar-refractivity contribution in [3.8, 4) is 6.07 Å². The van der Waals surface area contributed by atoms with Gasteiger partial charge in [-0.2, -0.15) is 18.4 Å². The zero-order valence-corrected chi connectivity index (χ0v) is 22.1. The van der Waals surface area contributed by atoms with E-state index in [0.29, 0.717) is 0 Å². The van der Waals surface area contributed by atoms with Gasteiger partial charge in [0.2, 0.25) is 0 Å². The Morgan fingerprint density at radius 2 is 1.82 bits per heavy atom. The first-order valence-corrected chi connectivity index (χ1v) is 12.2. The molecule has 0 amide bonds. The van der Waals surface area contributed by atoms with Gasteiger partial charge < -0.3 is 30.0 Å². The summed E-state index contributed by atoms with van der Waals surface area (Å²) < 4.78 is 50.9. The number of hydrogen-bond acceptors (Lipinski definition) is 9. The largest absolute Gasteiger partial charge is 0.549 e. The van der Waals surface area contributed by atoms with E-state index in [4.69, 9.17) is 15.2 Å². The highest BCUT2D eigenvalue weighted by atomic mass is 19.4. The number of carbonyl (C=O) groups excluding carboxylic acids is 3. The summed E-state index contributed by atoms with van der Waals surface area (Å²) in [7, 11) is 1.05. The van der Waals surface area contributed by atoms with Crippen molar-refractivity contribution in [3.05, 3.63) is 76.6 Å². The molecule has 0 spiro atoms. The Balaban J connectivity index is 2.51. The Bertz CT molecular complexity index is 1380. The number of hydrogen-bond donors (Lipinski definition) is 1. The normalized spacial score (nSPS) is 21.8. The first kappa shape index (κ1) is 30.0. The first-order chi connectivity index (χ1) is 18.8. The summed E-state index contributed by atoms with van der Waals surface area (Å²) in [5.74, 6) is -7.16. The van der Waals surface area contributed by atoms with Crippen LogP contribution in [0.2, 0.25) is 0 Å². The van der Waals surface area contributed by atoms with Crippen LogP contribution in [0.3, 0.4) is 0 Å². The van der Waals surface area contributed by atoms with Gasteiger partial charge in [0.05, 0.1) is 53.8 Å². The van der Waals surface area contributed by atoms with Gasteiger partial charge in [-0.05, 0) is 49.7 Å². The molecule has 1 aliphatic rings. The quantitative estimate of drug-likeness (QED) is 0.507. The lowest BCUT2D eigenvalue weighted by atomic mass is 9.56. The second kappa shape index (κ2) is 11.3. The molecule has 12 heteroatoms. The summed E-state index contributed by atoms with van der Waals surface area (Å²) in [6.45, 7) is 3.99. The number of nitriles is 1. The van der Waals surface area contributed by atoms with Crippen LogP contribution >= 0.6 is 0 Å². The molecule has 0 saturated carbocycles. The Hall–Kier alpha value is -4.53. The molecule has 1 heterocycles. The summed E-state index contributed by atoms with van der Waals surface area (Å²) in [6, 6.07) is 10.1. The van der Waals surface area contributed by atoms with Gasteiger partial charge in [-0.15, -0.1) is 0 Å². The number of esters is 2. The van der Waals surface area contributed by atoms with Gasteiger partial charge in [0.1, 0.15) is 5.82 Å². The molecule has 1 aliphatic heterocycles. The molecule has 9 nitrogen and oxygen atoms in total. The van der Waals surface area contributed by atoms with Gasteiger partial charge in [-0.25, -0.2) is 4.79 Å². The lowest BCUT2D eigenvalue weighted by Crippen LogP contribution is -2.66. The molecule has 0 aliphatic carbocycles. The fraction of sp³-hybridized carbons (Fsp3) is 0.357. The van der Waals surface area contributed by atoms with Gasteiger partial charge in [-0.3, -0.25) is 4.79 Å². The number of benzene rings is 2. The molecule has 0 radical (unpaired) electrons. The van der Waals surface area contributed by atoms with E-state index in [1.165, 1.54) is 51.1 Å². The molecule has 3 rings (SSSR count). The number of rotatable bonds is 7. The lowest BCUT2D eigenvalue weighted by molar-refractivity contribution is -0.324. The highest BCUT2D eigenvalue weighted by molar-refractivity contribution is 5.97. The Labute approximate surface area is 228 Å². The van der Waals surface area contributed by atoms with Crippen molar-refractivity contribution in [2.24, 2.45) is 17.1 Å². The molecule has 2 aromatic rings. The lowest BCUT2D eigenvalue weighted by Gasteiger charge is -2.56. The predicted octanol–water partition coefficient (Wildman–Crippen LogP) is 2.85. The number of carboxylic acids is 1. The minimum Gasteiger partial charge on any atom is -0.549 e. The van der Waals surface area contributed by atoms with Crippen molar-refractivity contribution in [1.82, 2.24) is 0 Å². The maximum absolute atomic E-state index is 13.6. The number of ether oxygens (including phenoxy) is 2. The van der Waals surface area contributed by atoms with Crippen molar-refractivity contribution in [3.63, 3.8) is 0 Å². The first-order valence-electron chi connectivity index (χ1n) is 12.2. The van der Waals surface area contributed by atoms with Crippen molar-refractivity contribution >= 4 is 23.6 Å². The maximum Gasteiger partial charge on any atom is 0.416 e. The SMILES string of the molecule is CCOC(=O)C1=C(N)N(c2cccc(C(F)(F)F)c2)C(C)C(C(=O)[O-])([C@H](C)C(=O)OC)C1c1ccc(C#N)cc1. The van der Waals surface area contributed by atoms with E-state index in [0.717, 1.165) is 30.2 Å². The number of halogens is 3. The van der Waals surface area contributed by atoms with E-state index in [2.05, 4.69) is 0 Å². The average molecular weight is 559 g/mol. The summed E-state index contributed by atoms with van der Waals surface area (Å²) >= 11 is 0. The van der Waals surface area contributed by atoms with E-state index in [1.807, 2.05) is 6.07 Å². The van der Waals surface area contributed by atoms with Gasteiger partial charge in [-0.1, -0.05) is 25.1 Å². The molecule has 2 N–H and O–H groups in total. The van der Waals surface area contributed by atoms with Gasteiger partial charge >= 0.3 is 18.1 Å². The number of anilines is 1. The molecular formula is C28H27F3N3O6-. The van der Waals surface area contributed by atoms with E-state index < -0.39 is 58.5 Å². The minimum atomic E-state index is -4.74. The van der Waals surface area contributed by atoms with Gasteiger partial charge in [0, 0.05) is 17.6 Å². The molecule has 0 aromatic heterocycles. The molecule has 2 aromatic carbocycles. The number of alkyl halides is 3. The minimum absolute atomic E-state index is 0.139. The second-order valence-corrected chi connectivity index (χ2v) is 9.25. The standard InChI is InChI=1S/C28H28F3N3O6/c1-5-40-25(36)21-22(18-11-9-17(14-32)10-12-18)27(26(37)38,15(2)24(35)39-4)16(3)34(23(21)33)20-8-6-7-19(13-20)28(29,30)31/h6-13,15-16,22H,5,33H2,1-4H3,(H,37,38)/p-1/t15-,16?,22?,27?/m1/s1. The van der Waals surface area contributed by atoms with Crippen LogP contribution in [0, 0.1) is 22.7 Å². The second-order valence-electron chi connectivity index (χ2n) is 9.25. The van der Waals surface area contributed by atoms with Crippen LogP contribution < -0.4 is 15.7 Å². The van der Waals surface area contributed by atoms with Crippen molar-refractivity contribution in [2.75, 3.05) is 18.6 Å². The van der Waals surface area contributed by atoms with Crippen LogP contribution in [-0.4, -0.2) is 37.7 Å². The van der Waals surface area contributed by atoms with Gasteiger partial charge in [0.25, 0.3) is 0 Å². The number of nitrogens with two attached hydrogens (primary N) is 1. The highest BCUT2D eigenvalue weighted by Gasteiger charge is 2.60. The monoisotopic (exact) mass is 558 g/mol. The molecule has 212 valence electrons. The summed E-state index contributed by atoms with van der Waals surface area (Å²) in [5, 5.41) is 22.5. The van der Waals surface area contributed by atoms with Crippen LogP contribution in [0.1, 0.15) is 43.4 Å². The van der Waals surface area contributed by atoms with Crippen LogP contribution in [0.4, 0.5) is 18.9 Å². The summed E-state index contributed by atoms with van der Waals surface area (Å²) in [6.07, 6.45) is -4.74. The average Bonchev–Trinajstić information content (AvgIpc) is 2.91. The fourth-order valence-corrected chi connectivity index (χ4v) is 5.45. The number of carboxylic acid groups (broad SMARTS) is 1. The third-order valence-corrected chi connectivity index (χ3v) is 7.33. The van der Waals surface area contributed by atoms with Crippen LogP contribution in [-0.2, 0) is 30.0 Å². The Kier molecular flexibility index (Phi) is 8.48. The molecule has 0 bridgehead atoms. The van der Waals surface area contributed by atoms with Gasteiger partial charge in [0.15, 0.2) is 0 Å². The van der Waals surface area contributed by atoms with Crippen molar-refractivity contribution in [2.45, 2.75) is 38.9 Å². The maximum atomic E-state index is 13.6. The van der Waals surface area contributed by atoms with E-state index in [-0.39, 0.29) is 29.2 Å². The zero-order chi connectivity index (χ0) is 30.0. The molecule has 0 saturated heterocycles. The topological polar surface area (TPSA) is 146 Å². The molecule has 4 atom stereocenters. The molecule has 40 heavy (non-hydrogen) atoms. The summed E-state index contributed by atoms with van der Waals surface area (Å²) in [5.41, 5.74) is 2.95. The van der Waals surface area contributed by atoms with E-state index in [9.17, 15) is 37.9 Å². The molecular weight excluding hydrogens is 531 g/mol. The fourth-order valence-electron chi connectivity index (χ4n) is 5.45. The number of methoxy groups -OCH3 is 1. The van der Waals surface area contributed by atoms with E-state index in [1.54, 1.807) is 0 Å². The third kappa shape index (κ3) is 4.95. The predicted molar refractivity (Wildman–Crippen MR) is 134 cm³/mol. The van der Waals surface area contributed by atoms with Crippen LogP contribution in [0.15, 0.2) is 59.9 Å². The Morgan fingerprint density at radius 1 is 1.20 bits per heavy atom. The van der Waals surface area contributed by atoms with Crippen LogP contribution in [0.25, 0.3) is 0 Å². The van der Waals surface area contributed by atoms with Crippen molar-refractivity contribution < 1.29 is 42.1 Å². The highest BCUT2D eigenvalue weighted by Crippen LogP contribution is 2.55. The Morgan fingerprint density at radius 3 is 2.33 bits per heavy atom. The van der Waals surface area contributed by atoms with Crippen molar-refractivity contribution in [1.29, 1.82) is 5.26 Å². The number of aliphatic carboxylic acids is 1.